The van der Waals surface area contributed by atoms with Crippen molar-refractivity contribution in [2.24, 2.45) is 0 Å². The van der Waals surface area contributed by atoms with E-state index in [0.717, 1.165) is 29.8 Å². The highest BCUT2D eigenvalue weighted by molar-refractivity contribution is 7.92. The summed E-state index contributed by atoms with van der Waals surface area (Å²) < 4.78 is 39.8. The molecular formula is C18H15ClFN3O3S. The second-order valence-corrected chi connectivity index (χ2v) is 7.96. The van der Waals surface area contributed by atoms with Crippen LogP contribution in [0.15, 0.2) is 58.2 Å². The molecule has 0 bridgehead atoms. The second kappa shape index (κ2) is 7.50. The smallest absolute Gasteiger partial charge is 0.264 e. The maximum atomic E-state index is 13.0. The lowest BCUT2D eigenvalue weighted by Crippen LogP contribution is -2.22. The van der Waals surface area contributed by atoms with E-state index in [4.69, 9.17) is 11.6 Å². The number of nitrogens with one attached hydrogen (secondary N) is 2. The number of aryl methyl sites for hydroxylation is 1. The predicted octanol–water partition coefficient (Wildman–Crippen LogP) is 3.26. The van der Waals surface area contributed by atoms with Gasteiger partial charge < -0.3 is 0 Å². The molecule has 0 aliphatic heterocycles. The molecule has 9 heteroatoms. The van der Waals surface area contributed by atoms with E-state index in [2.05, 4.69) is 14.7 Å². The molecule has 0 fully saturated rings. The van der Waals surface area contributed by atoms with Crippen LogP contribution in [0.25, 0.3) is 0 Å². The third-order valence-corrected chi connectivity index (χ3v) is 5.48. The van der Waals surface area contributed by atoms with Gasteiger partial charge in [0.1, 0.15) is 5.82 Å². The van der Waals surface area contributed by atoms with Crippen molar-refractivity contribution < 1.29 is 12.8 Å². The molecule has 0 saturated carbocycles. The summed E-state index contributed by atoms with van der Waals surface area (Å²) in [6.07, 6.45) is 0.330. The average Bonchev–Trinajstić information content (AvgIpc) is 2.60. The SMILES string of the molecule is Cc1nc(NS(=O)(=O)c2ccc(F)cc2)[nH]c(=O)c1Cc1ccc(Cl)cc1. The van der Waals surface area contributed by atoms with Gasteiger partial charge in [-0.15, -0.1) is 0 Å². The minimum atomic E-state index is -4.00. The van der Waals surface area contributed by atoms with Crippen molar-refractivity contribution in [3.8, 4) is 0 Å². The van der Waals surface area contributed by atoms with Crippen LogP contribution in [0.3, 0.4) is 0 Å². The van der Waals surface area contributed by atoms with E-state index in [1.807, 2.05) is 0 Å². The molecule has 6 nitrogen and oxygen atoms in total. The van der Waals surface area contributed by atoms with E-state index in [9.17, 15) is 17.6 Å². The van der Waals surface area contributed by atoms with E-state index in [1.165, 1.54) is 0 Å². The van der Waals surface area contributed by atoms with Gasteiger partial charge >= 0.3 is 0 Å². The predicted molar refractivity (Wildman–Crippen MR) is 101 cm³/mol. The third-order valence-electron chi connectivity index (χ3n) is 3.87. The summed E-state index contributed by atoms with van der Waals surface area (Å²) in [5.41, 5.74) is 1.23. The van der Waals surface area contributed by atoms with Gasteiger partial charge in [0, 0.05) is 17.0 Å². The lowest BCUT2D eigenvalue weighted by atomic mass is 10.1. The van der Waals surface area contributed by atoms with Crippen molar-refractivity contribution in [2.45, 2.75) is 18.2 Å². The summed E-state index contributed by atoms with van der Waals surface area (Å²) in [5, 5.41) is 0.591. The summed E-state index contributed by atoms with van der Waals surface area (Å²) in [5.74, 6) is -0.760. The molecular weight excluding hydrogens is 393 g/mol. The normalized spacial score (nSPS) is 11.4. The Morgan fingerprint density at radius 3 is 2.33 bits per heavy atom. The molecule has 0 atom stereocenters. The number of anilines is 1. The molecule has 0 radical (unpaired) electrons. The zero-order valence-electron chi connectivity index (χ0n) is 14.2. The molecule has 1 aromatic heterocycles. The lowest BCUT2D eigenvalue weighted by molar-refractivity contribution is 0.599. The second-order valence-electron chi connectivity index (χ2n) is 5.84. The molecule has 3 aromatic rings. The molecule has 0 unspecified atom stereocenters. The first-order valence-corrected chi connectivity index (χ1v) is 9.73. The van der Waals surface area contributed by atoms with E-state index in [-0.39, 0.29) is 10.8 Å². The number of aromatic nitrogens is 2. The standard InChI is InChI=1S/C18H15ClFN3O3S/c1-11-16(10-12-2-4-13(19)5-3-12)17(24)22-18(21-11)23-27(25,26)15-8-6-14(20)7-9-15/h2-9H,10H2,1H3,(H2,21,22,23,24). The van der Waals surface area contributed by atoms with E-state index in [1.54, 1.807) is 31.2 Å². The number of halogens is 2. The van der Waals surface area contributed by atoms with Crippen LogP contribution in [-0.2, 0) is 16.4 Å². The average molecular weight is 408 g/mol. The number of sulfonamides is 1. The van der Waals surface area contributed by atoms with E-state index in [0.29, 0.717) is 22.7 Å². The topological polar surface area (TPSA) is 91.9 Å². The molecule has 27 heavy (non-hydrogen) atoms. The fraction of sp³-hybridized carbons (Fsp3) is 0.111. The fourth-order valence-corrected chi connectivity index (χ4v) is 3.56. The maximum absolute atomic E-state index is 13.0. The first kappa shape index (κ1) is 19.1. The first-order chi connectivity index (χ1) is 12.7. The van der Waals surface area contributed by atoms with Gasteiger partial charge in [-0.05, 0) is 48.9 Å². The van der Waals surface area contributed by atoms with Gasteiger partial charge in [0.05, 0.1) is 10.6 Å². The van der Waals surface area contributed by atoms with Crippen LogP contribution in [0.1, 0.15) is 16.8 Å². The maximum Gasteiger partial charge on any atom is 0.264 e. The van der Waals surface area contributed by atoms with Crippen LogP contribution in [0.5, 0.6) is 0 Å². The number of H-pyrrole nitrogens is 1. The fourth-order valence-electron chi connectivity index (χ4n) is 2.47. The van der Waals surface area contributed by atoms with Crippen molar-refractivity contribution in [3.05, 3.63) is 86.5 Å². The number of benzene rings is 2. The van der Waals surface area contributed by atoms with Crippen LogP contribution >= 0.6 is 11.6 Å². The van der Waals surface area contributed by atoms with Gasteiger partial charge in [-0.25, -0.2) is 22.5 Å². The largest absolute Gasteiger partial charge is 0.292 e. The monoisotopic (exact) mass is 407 g/mol. The molecule has 0 aliphatic rings. The molecule has 0 saturated heterocycles. The number of aromatic amines is 1. The summed E-state index contributed by atoms with van der Waals surface area (Å²) in [7, 11) is -4.00. The Hall–Kier alpha value is -2.71. The van der Waals surface area contributed by atoms with Crippen molar-refractivity contribution >= 4 is 27.6 Å². The molecule has 1 heterocycles. The van der Waals surface area contributed by atoms with Crippen LogP contribution in [0, 0.1) is 12.7 Å². The summed E-state index contributed by atoms with van der Waals surface area (Å²) in [6.45, 7) is 1.62. The van der Waals surface area contributed by atoms with Crippen LogP contribution < -0.4 is 10.3 Å². The van der Waals surface area contributed by atoms with Gasteiger partial charge in [0.2, 0.25) is 5.95 Å². The van der Waals surface area contributed by atoms with Crippen molar-refractivity contribution in [1.82, 2.24) is 9.97 Å². The third kappa shape index (κ3) is 4.53. The number of rotatable bonds is 5. The lowest BCUT2D eigenvalue weighted by Gasteiger charge is -2.10. The Morgan fingerprint density at radius 2 is 1.74 bits per heavy atom. The molecule has 2 N–H and O–H groups in total. The molecule has 0 spiro atoms. The molecule has 2 aromatic carbocycles. The zero-order valence-corrected chi connectivity index (χ0v) is 15.7. The van der Waals surface area contributed by atoms with Gasteiger partial charge in [-0.2, -0.15) is 0 Å². The molecule has 140 valence electrons. The van der Waals surface area contributed by atoms with Crippen LogP contribution in [-0.4, -0.2) is 18.4 Å². The van der Waals surface area contributed by atoms with Crippen molar-refractivity contribution in [2.75, 3.05) is 4.72 Å². The number of hydrogen-bond acceptors (Lipinski definition) is 4. The highest BCUT2D eigenvalue weighted by Crippen LogP contribution is 2.16. The van der Waals surface area contributed by atoms with Crippen LogP contribution in [0.2, 0.25) is 5.02 Å². The number of hydrogen-bond donors (Lipinski definition) is 2. The minimum Gasteiger partial charge on any atom is -0.292 e. The van der Waals surface area contributed by atoms with Crippen molar-refractivity contribution in [3.63, 3.8) is 0 Å². The Balaban J connectivity index is 1.87. The molecule has 3 rings (SSSR count). The Morgan fingerprint density at radius 1 is 1.11 bits per heavy atom. The number of nitrogens with zero attached hydrogens (tertiary/aromatic N) is 1. The minimum absolute atomic E-state index is 0.144. The van der Waals surface area contributed by atoms with Crippen molar-refractivity contribution in [1.29, 1.82) is 0 Å². The van der Waals surface area contributed by atoms with Crippen LogP contribution in [0.4, 0.5) is 10.3 Å². The van der Waals surface area contributed by atoms with E-state index >= 15 is 0 Å². The highest BCUT2D eigenvalue weighted by Gasteiger charge is 2.17. The van der Waals surface area contributed by atoms with Gasteiger partial charge in [-0.1, -0.05) is 23.7 Å². The Kier molecular flexibility index (Phi) is 5.29. The molecule has 0 aliphatic carbocycles. The summed E-state index contributed by atoms with van der Waals surface area (Å²) in [4.78, 5) is 18.8. The van der Waals surface area contributed by atoms with Gasteiger partial charge in [-0.3, -0.25) is 9.78 Å². The van der Waals surface area contributed by atoms with E-state index < -0.39 is 21.4 Å². The first-order valence-electron chi connectivity index (χ1n) is 7.87. The summed E-state index contributed by atoms with van der Waals surface area (Å²) in [6, 6.07) is 11.3. The van der Waals surface area contributed by atoms with Gasteiger partial charge in [0.15, 0.2) is 0 Å². The highest BCUT2D eigenvalue weighted by atomic mass is 35.5. The quantitative estimate of drug-likeness (QED) is 0.679. The Labute approximate surface area is 160 Å². The molecule has 0 amide bonds. The summed E-state index contributed by atoms with van der Waals surface area (Å²) >= 11 is 5.85. The Bertz CT molecular complexity index is 1130. The van der Waals surface area contributed by atoms with Gasteiger partial charge in [0.25, 0.3) is 15.6 Å². The zero-order chi connectivity index (χ0) is 19.6.